The molecule has 1 aliphatic heterocycles. The molecule has 2 heterocycles. The topological polar surface area (TPSA) is 85.7 Å². The van der Waals surface area contributed by atoms with Gasteiger partial charge in [-0.05, 0) is 19.8 Å². The Balaban J connectivity index is 2.09. The summed E-state index contributed by atoms with van der Waals surface area (Å²) in [6.45, 7) is 1.89. The molecule has 1 fully saturated rings. The Hall–Kier alpha value is -2.05. The number of aryl methyl sites for hydroxylation is 2. The molecule has 2 N–H and O–H groups in total. The van der Waals surface area contributed by atoms with Crippen LogP contribution < -0.4 is 10.5 Å². The highest BCUT2D eigenvalue weighted by molar-refractivity contribution is 6.04. The number of nitrogens with zero attached hydrogens (tertiary/aromatic N) is 4. The van der Waals surface area contributed by atoms with Crippen molar-refractivity contribution in [2.45, 2.75) is 31.8 Å². The van der Waals surface area contributed by atoms with Gasteiger partial charge in [-0.1, -0.05) is 0 Å². The predicted octanol–water partition coefficient (Wildman–Crippen LogP) is 0.733. The lowest BCUT2D eigenvalue weighted by atomic mass is 10.1. The summed E-state index contributed by atoms with van der Waals surface area (Å²) in [5.74, 6) is 0.951. The Morgan fingerprint density at radius 1 is 1.42 bits per heavy atom. The number of amides is 2. The summed E-state index contributed by atoms with van der Waals surface area (Å²) in [4.78, 5) is 17.6. The fourth-order valence-corrected chi connectivity index (χ4v) is 2.70. The van der Waals surface area contributed by atoms with Gasteiger partial charge in [0.25, 0.3) is 0 Å². The van der Waals surface area contributed by atoms with Crippen LogP contribution in [0.3, 0.4) is 0 Å². The van der Waals surface area contributed by atoms with Gasteiger partial charge in [-0.15, -0.1) is 0 Å². The van der Waals surface area contributed by atoms with Crippen molar-refractivity contribution in [1.29, 1.82) is 0 Å². The molecule has 102 valence electrons. The molecule has 0 spiro atoms. The zero-order valence-corrected chi connectivity index (χ0v) is 11.3. The first kappa shape index (κ1) is 12.0. The van der Waals surface area contributed by atoms with E-state index in [2.05, 4.69) is 10.1 Å². The first-order valence-corrected chi connectivity index (χ1v) is 6.28. The van der Waals surface area contributed by atoms with Crippen LogP contribution >= 0.6 is 0 Å². The molecule has 1 atom stereocenters. The molecule has 19 heavy (non-hydrogen) atoms. The van der Waals surface area contributed by atoms with Crippen molar-refractivity contribution in [1.82, 2.24) is 14.7 Å². The molecule has 0 bridgehead atoms. The Bertz CT molecular complexity index is 573. The molecule has 1 aromatic rings. The van der Waals surface area contributed by atoms with Crippen molar-refractivity contribution in [2.24, 2.45) is 17.8 Å². The predicted molar refractivity (Wildman–Crippen MR) is 69.1 cm³/mol. The summed E-state index contributed by atoms with van der Waals surface area (Å²) in [6.07, 6.45) is 2.01. The van der Waals surface area contributed by atoms with Crippen LogP contribution in [0.15, 0.2) is 4.99 Å². The number of ether oxygens (including phenoxy) is 1. The minimum atomic E-state index is -0.344. The van der Waals surface area contributed by atoms with Crippen LogP contribution in [-0.4, -0.2) is 39.7 Å². The second kappa shape index (κ2) is 3.97. The molecule has 1 saturated carbocycles. The quantitative estimate of drug-likeness (QED) is 0.871. The van der Waals surface area contributed by atoms with Crippen molar-refractivity contribution < 1.29 is 9.53 Å². The fraction of sp³-hybridized carbons (Fsp3) is 0.583. The highest BCUT2D eigenvalue weighted by Crippen LogP contribution is 2.41. The van der Waals surface area contributed by atoms with Gasteiger partial charge in [-0.2, -0.15) is 10.1 Å². The fourth-order valence-electron chi connectivity index (χ4n) is 2.70. The summed E-state index contributed by atoms with van der Waals surface area (Å²) in [6, 6.07) is -0.356. The molecule has 1 aromatic heterocycles. The monoisotopic (exact) mass is 263 g/mol. The maximum Gasteiger partial charge on any atom is 0.346 e. The molecule has 0 saturated heterocycles. The molecule has 2 amide bonds. The summed E-state index contributed by atoms with van der Waals surface area (Å²) in [7, 11) is 3.40. The minimum Gasteiger partial charge on any atom is -0.481 e. The molecule has 3 rings (SSSR count). The van der Waals surface area contributed by atoms with Crippen LogP contribution in [0.1, 0.15) is 30.1 Å². The summed E-state index contributed by atoms with van der Waals surface area (Å²) >= 11 is 0. The number of nitrogens with two attached hydrogens (primary N) is 1. The number of methoxy groups -OCH3 is 1. The van der Waals surface area contributed by atoms with Crippen LogP contribution in [0.4, 0.5) is 4.79 Å². The number of urea groups is 1. The van der Waals surface area contributed by atoms with Gasteiger partial charge >= 0.3 is 6.03 Å². The van der Waals surface area contributed by atoms with E-state index in [0.29, 0.717) is 11.7 Å². The second-order valence-corrected chi connectivity index (χ2v) is 4.99. The lowest BCUT2D eigenvalue weighted by molar-refractivity contribution is 0.202. The largest absolute Gasteiger partial charge is 0.481 e. The van der Waals surface area contributed by atoms with Crippen molar-refractivity contribution in [2.75, 3.05) is 7.11 Å². The van der Waals surface area contributed by atoms with Crippen LogP contribution in [-0.2, 0) is 7.05 Å². The third kappa shape index (κ3) is 1.68. The summed E-state index contributed by atoms with van der Waals surface area (Å²) < 4.78 is 7.05. The lowest BCUT2D eigenvalue weighted by Crippen LogP contribution is -2.35. The lowest BCUT2D eigenvalue weighted by Gasteiger charge is -2.24. The first-order chi connectivity index (χ1) is 9.04. The van der Waals surface area contributed by atoms with Gasteiger partial charge in [0.2, 0.25) is 5.88 Å². The number of hydrogen-bond acceptors (Lipinski definition) is 4. The van der Waals surface area contributed by atoms with Crippen LogP contribution in [0.25, 0.3) is 0 Å². The standard InChI is InChI=1S/C12H17N5O2/c1-6-8(11(19-3)16(2)15-6)9-10(13)14-12(18)17(9)7-4-5-7/h7,9H,4-5H2,1-3H3,(H2,13,14,18). The van der Waals surface area contributed by atoms with Crippen LogP contribution in [0.2, 0.25) is 0 Å². The van der Waals surface area contributed by atoms with E-state index in [1.807, 2.05) is 6.92 Å². The molecular weight excluding hydrogens is 246 g/mol. The third-order valence-electron chi connectivity index (χ3n) is 3.63. The van der Waals surface area contributed by atoms with Crippen LogP contribution in [0.5, 0.6) is 5.88 Å². The number of amidine groups is 1. The van der Waals surface area contributed by atoms with E-state index >= 15 is 0 Å². The number of carbonyl (C=O) groups excluding carboxylic acids is 1. The first-order valence-electron chi connectivity index (χ1n) is 6.28. The highest BCUT2D eigenvalue weighted by Gasteiger charge is 2.46. The Kier molecular flexibility index (Phi) is 2.51. The number of aromatic nitrogens is 2. The molecule has 0 radical (unpaired) electrons. The van der Waals surface area contributed by atoms with E-state index in [1.165, 1.54) is 0 Å². The third-order valence-corrected chi connectivity index (χ3v) is 3.63. The molecule has 1 aliphatic carbocycles. The molecule has 1 unspecified atom stereocenters. The van der Waals surface area contributed by atoms with Crippen molar-refractivity contribution in [3.05, 3.63) is 11.3 Å². The minimum absolute atomic E-state index is 0.242. The smallest absolute Gasteiger partial charge is 0.346 e. The zero-order chi connectivity index (χ0) is 13.7. The highest BCUT2D eigenvalue weighted by atomic mass is 16.5. The Labute approximate surface area is 111 Å². The normalized spacial score (nSPS) is 22.9. The average Bonchev–Trinajstić information content (AvgIpc) is 3.07. The van der Waals surface area contributed by atoms with Gasteiger partial charge in [0.15, 0.2) is 0 Å². The van der Waals surface area contributed by atoms with Crippen LogP contribution in [0, 0.1) is 6.92 Å². The molecule has 2 aliphatic rings. The van der Waals surface area contributed by atoms with Crippen molar-refractivity contribution in [3.63, 3.8) is 0 Å². The van der Waals surface area contributed by atoms with Gasteiger partial charge in [-0.25, -0.2) is 9.48 Å². The van der Waals surface area contributed by atoms with E-state index in [4.69, 9.17) is 10.5 Å². The van der Waals surface area contributed by atoms with E-state index in [-0.39, 0.29) is 18.1 Å². The van der Waals surface area contributed by atoms with Gasteiger partial charge in [0.05, 0.1) is 18.4 Å². The Morgan fingerprint density at radius 2 is 2.11 bits per heavy atom. The van der Waals surface area contributed by atoms with Crippen molar-refractivity contribution in [3.8, 4) is 5.88 Å². The van der Waals surface area contributed by atoms with Crippen molar-refractivity contribution >= 4 is 11.9 Å². The maximum absolute atomic E-state index is 12.0. The number of aliphatic imine (C=N–C) groups is 1. The summed E-state index contributed by atoms with van der Waals surface area (Å²) in [5.41, 5.74) is 7.60. The molecule has 7 nitrogen and oxygen atoms in total. The maximum atomic E-state index is 12.0. The SMILES string of the molecule is COc1c(C2C(N)=NC(=O)N2C2CC2)c(C)nn1C. The summed E-state index contributed by atoms with van der Waals surface area (Å²) in [5, 5.41) is 4.34. The van der Waals surface area contributed by atoms with E-state index in [9.17, 15) is 4.79 Å². The number of carbonyl (C=O) groups is 1. The number of hydrogen-bond donors (Lipinski definition) is 1. The zero-order valence-electron chi connectivity index (χ0n) is 11.3. The Morgan fingerprint density at radius 3 is 2.68 bits per heavy atom. The average molecular weight is 263 g/mol. The number of rotatable bonds is 3. The van der Waals surface area contributed by atoms with Gasteiger partial charge in [-0.3, -0.25) is 0 Å². The molecular formula is C12H17N5O2. The van der Waals surface area contributed by atoms with E-state index < -0.39 is 0 Å². The van der Waals surface area contributed by atoms with Gasteiger partial charge in [0, 0.05) is 13.1 Å². The van der Waals surface area contributed by atoms with E-state index in [0.717, 1.165) is 24.1 Å². The molecule has 7 heteroatoms. The van der Waals surface area contributed by atoms with Gasteiger partial charge < -0.3 is 15.4 Å². The second-order valence-electron chi connectivity index (χ2n) is 4.99. The van der Waals surface area contributed by atoms with Gasteiger partial charge in [0.1, 0.15) is 11.9 Å². The molecule has 0 aromatic carbocycles. The van der Waals surface area contributed by atoms with E-state index in [1.54, 1.807) is 23.7 Å².